The van der Waals surface area contributed by atoms with Crippen LogP contribution in [0.3, 0.4) is 0 Å². The molecule has 2 heteroatoms. The van der Waals surface area contributed by atoms with E-state index < -0.39 is 0 Å². The largest absolute Gasteiger partial charge is 0.365 e. The maximum Gasteiger partial charge on any atom is 0.0993 e. The fraction of sp³-hybridized carbons (Fsp3) is 0.750. The molecular weight excluding hydrogens is 192 g/mol. The van der Waals surface area contributed by atoms with Gasteiger partial charge in [-0.2, -0.15) is 0 Å². The normalized spacial score (nSPS) is 43.1. The van der Waals surface area contributed by atoms with Crippen molar-refractivity contribution in [3.8, 4) is 0 Å². The van der Waals surface area contributed by atoms with Crippen molar-refractivity contribution in [2.24, 2.45) is 0 Å². The summed E-state index contributed by atoms with van der Waals surface area (Å²) >= 11 is 3.44. The van der Waals surface area contributed by atoms with Crippen LogP contribution in [0.1, 0.15) is 19.3 Å². The van der Waals surface area contributed by atoms with E-state index in [1.165, 1.54) is 6.42 Å². The van der Waals surface area contributed by atoms with Gasteiger partial charge in [-0.25, -0.2) is 0 Å². The smallest absolute Gasteiger partial charge is 0.0993 e. The minimum absolute atomic E-state index is 0.262. The van der Waals surface area contributed by atoms with E-state index in [4.69, 9.17) is 4.74 Å². The first-order valence-corrected chi connectivity index (χ1v) is 4.88. The van der Waals surface area contributed by atoms with Crippen LogP contribution in [0.5, 0.6) is 0 Å². The van der Waals surface area contributed by atoms with E-state index in [1.54, 1.807) is 0 Å². The first-order chi connectivity index (χ1) is 4.87. The van der Waals surface area contributed by atoms with Crippen LogP contribution >= 0.6 is 15.9 Å². The molecule has 0 aromatic carbocycles. The maximum absolute atomic E-state index is 5.61. The third-order valence-corrected chi connectivity index (χ3v) is 2.80. The molecule has 0 amide bonds. The van der Waals surface area contributed by atoms with E-state index in [0.717, 1.165) is 18.2 Å². The van der Waals surface area contributed by atoms with Gasteiger partial charge < -0.3 is 4.74 Å². The maximum atomic E-state index is 5.61. The van der Waals surface area contributed by atoms with Crippen LogP contribution in [0.25, 0.3) is 0 Å². The summed E-state index contributed by atoms with van der Waals surface area (Å²) in [5.41, 5.74) is 0.262. The summed E-state index contributed by atoms with van der Waals surface area (Å²) in [6.45, 7) is 0. The van der Waals surface area contributed by atoms with Crippen LogP contribution in [0, 0.1) is 0 Å². The van der Waals surface area contributed by atoms with Gasteiger partial charge in [-0.15, -0.1) is 0 Å². The minimum Gasteiger partial charge on any atom is -0.365 e. The van der Waals surface area contributed by atoms with Crippen LogP contribution in [0.4, 0.5) is 0 Å². The monoisotopic (exact) mass is 202 g/mol. The number of halogens is 1. The Balaban J connectivity index is 2.00. The number of hydrogen-bond acceptors (Lipinski definition) is 1. The predicted molar refractivity (Wildman–Crippen MR) is 44.4 cm³/mol. The Kier molecular flexibility index (Phi) is 1.61. The van der Waals surface area contributed by atoms with E-state index in [1.807, 2.05) is 0 Å². The summed E-state index contributed by atoms with van der Waals surface area (Å²) < 4.78 is 5.61. The standard InChI is InChI=1S/C8H11BrO/c9-6-5-8-4-2-1-3-7(8)10-8/h1-2,7H,3-6H2. The lowest BCUT2D eigenvalue weighted by molar-refractivity contribution is 0.292. The molecular formula is C8H11BrO. The third kappa shape index (κ3) is 0.940. The van der Waals surface area contributed by atoms with Gasteiger partial charge >= 0.3 is 0 Å². The van der Waals surface area contributed by atoms with Crippen molar-refractivity contribution in [3.05, 3.63) is 12.2 Å². The van der Waals surface area contributed by atoms with Gasteiger partial charge in [-0.1, -0.05) is 28.1 Å². The molecule has 0 aromatic rings. The van der Waals surface area contributed by atoms with Crippen molar-refractivity contribution < 1.29 is 4.74 Å². The van der Waals surface area contributed by atoms with Gasteiger partial charge in [0.05, 0.1) is 11.7 Å². The first-order valence-electron chi connectivity index (χ1n) is 3.76. The van der Waals surface area contributed by atoms with Gasteiger partial charge in [-0.05, 0) is 19.3 Å². The SMILES string of the molecule is BrCCC12CC=CCC1O2. The highest BCUT2D eigenvalue weighted by atomic mass is 79.9. The minimum atomic E-state index is 0.262. The summed E-state index contributed by atoms with van der Waals surface area (Å²) in [5.74, 6) is 0. The molecule has 2 rings (SSSR count). The zero-order chi connectivity index (χ0) is 7.03. The zero-order valence-electron chi connectivity index (χ0n) is 5.85. The van der Waals surface area contributed by atoms with Crippen molar-refractivity contribution >= 4 is 15.9 Å². The Morgan fingerprint density at radius 1 is 1.60 bits per heavy atom. The van der Waals surface area contributed by atoms with E-state index in [0.29, 0.717) is 6.10 Å². The van der Waals surface area contributed by atoms with Gasteiger partial charge in [0.15, 0.2) is 0 Å². The molecule has 0 N–H and O–H groups in total. The Morgan fingerprint density at radius 3 is 3.20 bits per heavy atom. The molecule has 0 spiro atoms. The van der Waals surface area contributed by atoms with E-state index in [-0.39, 0.29) is 5.60 Å². The topological polar surface area (TPSA) is 12.5 Å². The van der Waals surface area contributed by atoms with Crippen molar-refractivity contribution in [1.82, 2.24) is 0 Å². The number of alkyl halides is 1. The molecule has 2 atom stereocenters. The zero-order valence-corrected chi connectivity index (χ0v) is 7.43. The Bertz CT molecular complexity index is 167. The fourth-order valence-electron chi connectivity index (χ4n) is 1.68. The molecule has 1 nitrogen and oxygen atoms in total. The Morgan fingerprint density at radius 2 is 2.50 bits per heavy atom. The number of epoxide rings is 1. The van der Waals surface area contributed by atoms with E-state index in [9.17, 15) is 0 Å². The van der Waals surface area contributed by atoms with Crippen molar-refractivity contribution in [3.63, 3.8) is 0 Å². The molecule has 0 radical (unpaired) electrons. The second-order valence-electron chi connectivity index (χ2n) is 3.02. The molecule has 1 aliphatic carbocycles. The van der Waals surface area contributed by atoms with Gasteiger partial charge in [0.1, 0.15) is 0 Å². The van der Waals surface area contributed by atoms with Crippen LogP contribution in [0.2, 0.25) is 0 Å². The van der Waals surface area contributed by atoms with E-state index in [2.05, 4.69) is 28.1 Å². The van der Waals surface area contributed by atoms with Gasteiger partial charge in [0.25, 0.3) is 0 Å². The molecule has 0 bridgehead atoms. The average Bonchev–Trinajstić information content (AvgIpc) is 2.62. The highest BCUT2D eigenvalue weighted by Gasteiger charge is 2.54. The number of fused-ring (bicyclic) bond motifs is 1. The molecule has 1 heterocycles. The van der Waals surface area contributed by atoms with Gasteiger partial charge in [0.2, 0.25) is 0 Å². The van der Waals surface area contributed by atoms with Crippen molar-refractivity contribution in [2.75, 3.05) is 5.33 Å². The lowest BCUT2D eigenvalue weighted by atomic mass is 9.92. The Hall–Kier alpha value is 0.180. The molecule has 2 unspecified atom stereocenters. The molecule has 0 saturated carbocycles. The Labute approximate surface area is 69.6 Å². The van der Waals surface area contributed by atoms with E-state index >= 15 is 0 Å². The average molecular weight is 203 g/mol. The molecule has 2 aliphatic rings. The van der Waals surface area contributed by atoms with Gasteiger partial charge in [0, 0.05) is 5.33 Å². The first kappa shape index (κ1) is 6.86. The lowest BCUT2D eigenvalue weighted by Crippen LogP contribution is -2.16. The van der Waals surface area contributed by atoms with Crippen LogP contribution in [0.15, 0.2) is 12.2 Å². The number of ether oxygens (including phenoxy) is 1. The van der Waals surface area contributed by atoms with Crippen LogP contribution in [-0.2, 0) is 4.74 Å². The predicted octanol–water partition coefficient (Wildman–Crippen LogP) is 2.26. The molecule has 0 aromatic heterocycles. The summed E-state index contributed by atoms with van der Waals surface area (Å²) in [6.07, 6.45) is 8.45. The summed E-state index contributed by atoms with van der Waals surface area (Å²) in [4.78, 5) is 0. The fourth-order valence-corrected chi connectivity index (χ4v) is 2.35. The third-order valence-electron chi connectivity index (χ3n) is 2.40. The second kappa shape index (κ2) is 2.35. The second-order valence-corrected chi connectivity index (χ2v) is 3.81. The van der Waals surface area contributed by atoms with Crippen molar-refractivity contribution in [1.29, 1.82) is 0 Å². The molecule has 1 fully saturated rings. The highest BCUT2D eigenvalue weighted by Crippen LogP contribution is 2.47. The highest BCUT2D eigenvalue weighted by molar-refractivity contribution is 9.09. The molecule has 56 valence electrons. The van der Waals surface area contributed by atoms with Crippen molar-refractivity contribution in [2.45, 2.75) is 31.0 Å². The number of rotatable bonds is 2. The lowest BCUT2D eigenvalue weighted by Gasteiger charge is -2.10. The number of hydrogen-bond donors (Lipinski definition) is 0. The summed E-state index contributed by atoms with van der Waals surface area (Å²) in [7, 11) is 0. The summed E-state index contributed by atoms with van der Waals surface area (Å²) in [5, 5.41) is 1.07. The quantitative estimate of drug-likeness (QED) is 0.381. The molecule has 1 aliphatic heterocycles. The van der Waals surface area contributed by atoms with Crippen LogP contribution in [-0.4, -0.2) is 17.0 Å². The molecule has 10 heavy (non-hydrogen) atoms. The summed E-state index contributed by atoms with van der Waals surface area (Å²) in [6, 6.07) is 0. The van der Waals surface area contributed by atoms with Crippen LogP contribution < -0.4 is 0 Å². The molecule has 1 saturated heterocycles. The van der Waals surface area contributed by atoms with Gasteiger partial charge in [-0.3, -0.25) is 0 Å².